The number of fused-ring (bicyclic) bond motifs is 1. The molecule has 0 aromatic heterocycles. The molecule has 2 aromatic carbocycles. The molecule has 0 saturated heterocycles. The predicted molar refractivity (Wildman–Crippen MR) is 120 cm³/mol. The Morgan fingerprint density at radius 2 is 1.80 bits per heavy atom. The molecule has 3 nitrogen and oxygen atoms in total. The van der Waals surface area contributed by atoms with Gasteiger partial charge in [0.25, 0.3) is 0 Å². The van der Waals surface area contributed by atoms with Crippen LogP contribution in [0.4, 0.5) is 0 Å². The van der Waals surface area contributed by atoms with E-state index in [-0.39, 0.29) is 5.91 Å². The Morgan fingerprint density at radius 1 is 1.00 bits per heavy atom. The Balaban J connectivity index is 1.65. The molecule has 0 atom stereocenters. The van der Waals surface area contributed by atoms with Gasteiger partial charge in [0.1, 0.15) is 5.75 Å². The zero-order valence-corrected chi connectivity index (χ0v) is 17.7. The van der Waals surface area contributed by atoms with Crippen molar-refractivity contribution in [1.29, 1.82) is 0 Å². The highest BCUT2D eigenvalue weighted by molar-refractivity contribution is 5.95. The van der Waals surface area contributed by atoms with Crippen LogP contribution in [-0.4, -0.2) is 17.9 Å². The first-order valence-electron chi connectivity index (χ1n) is 11.0. The number of hydrogen-bond donors (Lipinski definition) is 0. The fourth-order valence-electron chi connectivity index (χ4n) is 4.43. The molecule has 0 unspecified atom stereocenters. The molecule has 0 heterocycles. The van der Waals surface area contributed by atoms with Crippen LogP contribution in [0.5, 0.6) is 5.75 Å². The third-order valence-electron chi connectivity index (χ3n) is 6.05. The number of ether oxygens (including phenoxy) is 1. The third-order valence-corrected chi connectivity index (χ3v) is 6.05. The van der Waals surface area contributed by atoms with Gasteiger partial charge < -0.3 is 9.64 Å². The first kappa shape index (κ1) is 20.3. The lowest BCUT2D eigenvalue weighted by atomic mass is 9.88. The lowest BCUT2D eigenvalue weighted by molar-refractivity contribution is -0.124. The Morgan fingerprint density at radius 3 is 2.57 bits per heavy atom. The third kappa shape index (κ3) is 4.60. The lowest BCUT2D eigenvalue weighted by Crippen LogP contribution is -2.29. The van der Waals surface area contributed by atoms with E-state index in [2.05, 4.69) is 36.1 Å². The van der Waals surface area contributed by atoms with Gasteiger partial charge in [0.15, 0.2) is 0 Å². The summed E-state index contributed by atoms with van der Waals surface area (Å²) >= 11 is 0. The van der Waals surface area contributed by atoms with Crippen molar-refractivity contribution in [2.24, 2.45) is 0 Å². The first-order valence-corrected chi connectivity index (χ1v) is 11.0. The van der Waals surface area contributed by atoms with Crippen LogP contribution in [0.25, 0.3) is 0 Å². The highest BCUT2D eigenvalue weighted by atomic mass is 16.5. The fourth-order valence-corrected chi connectivity index (χ4v) is 4.43. The SMILES string of the molecule is COc1ccc2c(c1C#CC(=O)N(Cc1ccccc1)C1=CCCCC1)CCCC2. The van der Waals surface area contributed by atoms with Crippen LogP contribution in [0.1, 0.15) is 60.8 Å². The summed E-state index contributed by atoms with van der Waals surface area (Å²) in [5.74, 6) is 6.79. The number of carbonyl (C=O) groups excluding carboxylic acids is 1. The van der Waals surface area contributed by atoms with Gasteiger partial charge in [-0.15, -0.1) is 0 Å². The largest absolute Gasteiger partial charge is 0.495 e. The molecular weight excluding hydrogens is 370 g/mol. The average molecular weight is 400 g/mol. The van der Waals surface area contributed by atoms with Gasteiger partial charge in [-0.3, -0.25) is 4.79 Å². The molecule has 3 heteroatoms. The Kier molecular flexibility index (Phi) is 6.54. The molecule has 2 aliphatic rings. The molecule has 0 aliphatic heterocycles. The smallest absolute Gasteiger partial charge is 0.303 e. The minimum absolute atomic E-state index is 0.137. The second-order valence-electron chi connectivity index (χ2n) is 8.06. The monoisotopic (exact) mass is 399 g/mol. The summed E-state index contributed by atoms with van der Waals surface area (Å²) in [4.78, 5) is 15.1. The highest BCUT2D eigenvalue weighted by Gasteiger charge is 2.20. The van der Waals surface area contributed by atoms with Crippen LogP contribution in [0, 0.1) is 11.8 Å². The van der Waals surface area contributed by atoms with E-state index in [0.717, 1.165) is 61.1 Å². The van der Waals surface area contributed by atoms with E-state index < -0.39 is 0 Å². The van der Waals surface area contributed by atoms with Crippen molar-refractivity contribution in [2.45, 2.75) is 57.9 Å². The number of rotatable bonds is 4. The summed E-state index contributed by atoms with van der Waals surface area (Å²) < 4.78 is 5.58. The van der Waals surface area contributed by atoms with Crippen molar-refractivity contribution in [3.63, 3.8) is 0 Å². The van der Waals surface area contributed by atoms with Gasteiger partial charge >= 0.3 is 5.91 Å². The summed E-state index contributed by atoms with van der Waals surface area (Å²) in [6, 6.07) is 14.3. The quantitative estimate of drug-likeness (QED) is 0.643. The molecule has 0 saturated carbocycles. The molecule has 2 aliphatic carbocycles. The van der Waals surface area contributed by atoms with E-state index in [1.165, 1.54) is 24.0 Å². The molecule has 30 heavy (non-hydrogen) atoms. The molecule has 1 amide bonds. The van der Waals surface area contributed by atoms with E-state index in [9.17, 15) is 4.79 Å². The van der Waals surface area contributed by atoms with Crippen molar-refractivity contribution < 1.29 is 9.53 Å². The predicted octanol–water partition coefficient (Wildman–Crippen LogP) is 5.41. The zero-order valence-electron chi connectivity index (χ0n) is 17.7. The summed E-state index contributed by atoms with van der Waals surface area (Å²) in [6.45, 7) is 0.560. The molecule has 0 radical (unpaired) electrons. The number of amides is 1. The number of hydrogen-bond acceptors (Lipinski definition) is 2. The van der Waals surface area contributed by atoms with Gasteiger partial charge in [-0.05, 0) is 74.1 Å². The minimum atomic E-state index is -0.137. The molecule has 0 fully saturated rings. The minimum Gasteiger partial charge on any atom is -0.495 e. The van der Waals surface area contributed by atoms with Gasteiger partial charge in [0.05, 0.1) is 19.2 Å². The summed E-state index contributed by atoms with van der Waals surface area (Å²) in [5, 5.41) is 0. The number of allylic oxidation sites excluding steroid dienone is 2. The number of aryl methyl sites for hydroxylation is 1. The standard InChI is InChI=1S/C27H29NO2/c1-30-26-18-16-22-12-8-9-15-24(22)25(26)17-19-27(29)28(23-13-6-3-7-14-23)20-21-10-4-2-5-11-21/h2,4-5,10-11,13,16,18H,3,6-9,12,14-15,20H2,1H3. The van der Waals surface area contributed by atoms with Gasteiger partial charge in [-0.25, -0.2) is 0 Å². The Labute approximate surface area is 179 Å². The zero-order chi connectivity index (χ0) is 20.8. The van der Waals surface area contributed by atoms with Gasteiger partial charge in [0, 0.05) is 11.6 Å². The lowest BCUT2D eigenvalue weighted by Gasteiger charge is -2.26. The average Bonchev–Trinajstić information content (AvgIpc) is 2.82. The highest BCUT2D eigenvalue weighted by Crippen LogP contribution is 2.30. The summed E-state index contributed by atoms with van der Waals surface area (Å²) in [5.41, 5.74) is 5.71. The van der Waals surface area contributed by atoms with Gasteiger partial charge in [-0.2, -0.15) is 0 Å². The number of nitrogens with zero attached hydrogens (tertiary/aromatic N) is 1. The maximum Gasteiger partial charge on any atom is 0.303 e. The Bertz CT molecular complexity index is 995. The van der Waals surface area contributed by atoms with Crippen molar-refractivity contribution in [2.75, 3.05) is 7.11 Å². The molecule has 154 valence electrons. The molecule has 2 aromatic rings. The van der Waals surface area contributed by atoms with E-state index >= 15 is 0 Å². The number of methoxy groups -OCH3 is 1. The van der Waals surface area contributed by atoms with Crippen molar-refractivity contribution >= 4 is 5.91 Å². The van der Waals surface area contributed by atoms with Crippen molar-refractivity contribution in [3.8, 4) is 17.6 Å². The normalized spacial score (nSPS) is 15.3. The molecule has 4 rings (SSSR count). The number of benzene rings is 2. The Hall–Kier alpha value is -2.99. The second-order valence-corrected chi connectivity index (χ2v) is 8.06. The maximum absolute atomic E-state index is 13.3. The van der Waals surface area contributed by atoms with Crippen LogP contribution in [-0.2, 0) is 24.2 Å². The van der Waals surface area contributed by atoms with Gasteiger partial charge in [-0.1, -0.05) is 48.4 Å². The first-order chi connectivity index (χ1) is 14.8. The van der Waals surface area contributed by atoms with E-state index in [1.807, 2.05) is 29.2 Å². The van der Waals surface area contributed by atoms with Crippen LogP contribution < -0.4 is 4.74 Å². The van der Waals surface area contributed by atoms with Crippen molar-refractivity contribution in [1.82, 2.24) is 4.90 Å². The van der Waals surface area contributed by atoms with Gasteiger partial charge in [0.2, 0.25) is 0 Å². The van der Waals surface area contributed by atoms with E-state index in [0.29, 0.717) is 6.54 Å². The van der Waals surface area contributed by atoms with E-state index in [4.69, 9.17) is 4.74 Å². The van der Waals surface area contributed by atoms with Crippen molar-refractivity contribution in [3.05, 3.63) is 76.5 Å². The summed E-state index contributed by atoms with van der Waals surface area (Å²) in [7, 11) is 1.67. The maximum atomic E-state index is 13.3. The van der Waals surface area contributed by atoms with Crippen LogP contribution >= 0.6 is 0 Å². The fraction of sp³-hybridized carbons (Fsp3) is 0.370. The topological polar surface area (TPSA) is 29.5 Å². The number of carbonyl (C=O) groups is 1. The molecule has 0 N–H and O–H groups in total. The van der Waals surface area contributed by atoms with Crippen LogP contribution in [0.2, 0.25) is 0 Å². The van der Waals surface area contributed by atoms with Crippen LogP contribution in [0.15, 0.2) is 54.2 Å². The molecular formula is C27H29NO2. The van der Waals surface area contributed by atoms with E-state index in [1.54, 1.807) is 7.11 Å². The second kappa shape index (κ2) is 9.67. The van der Waals surface area contributed by atoms with Crippen LogP contribution in [0.3, 0.4) is 0 Å². The molecule has 0 bridgehead atoms. The molecule has 0 spiro atoms. The summed E-state index contributed by atoms with van der Waals surface area (Å²) in [6.07, 6.45) is 10.9.